The summed E-state index contributed by atoms with van der Waals surface area (Å²) in [6, 6.07) is 16.1. The number of nitrogens with one attached hydrogen (secondary N) is 1. The van der Waals surface area contributed by atoms with Crippen molar-refractivity contribution in [3.8, 4) is 17.1 Å². The molecule has 0 spiro atoms. The van der Waals surface area contributed by atoms with Crippen LogP contribution < -0.4 is 5.32 Å². The molecule has 1 amide bonds. The van der Waals surface area contributed by atoms with E-state index >= 15 is 0 Å². The van der Waals surface area contributed by atoms with Crippen molar-refractivity contribution in [2.45, 2.75) is 38.3 Å². The van der Waals surface area contributed by atoms with Gasteiger partial charge >= 0.3 is 0 Å². The molecular formula is C23H27N5O3S. The highest BCUT2D eigenvalue weighted by atomic mass is 32.2. The van der Waals surface area contributed by atoms with Crippen molar-refractivity contribution in [1.82, 2.24) is 20.1 Å². The summed E-state index contributed by atoms with van der Waals surface area (Å²) in [6.07, 6.45) is 2.21. The van der Waals surface area contributed by atoms with Crippen LogP contribution in [0.1, 0.15) is 33.1 Å². The molecule has 3 aromatic rings. The molecule has 168 valence electrons. The summed E-state index contributed by atoms with van der Waals surface area (Å²) in [6.45, 7) is 4.86. The molecule has 0 aliphatic heterocycles. The lowest BCUT2D eigenvalue weighted by atomic mass is 10.2. The van der Waals surface area contributed by atoms with Crippen LogP contribution in [0.4, 0.5) is 5.69 Å². The normalized spacial score (nSPS) is 11.0. The summed E-state index contributed by atoms with van der Waals surface area (Å²) in [7, 11) is 0. The molecule has 0 atom stereocenters. The third kappa shape index (κ3) is 6.40. The van der Waals surface area contributed by atoms with Gasteiger partial charge in [0.15, 0.2) is 11.0 Å². The van der Waals surface area contributed by atoms with Gasteiger partial charge in [0.1, 0.15) is 0 Å². The second-order valence-electron chi connectivity index (χ2n) is 7.78. The fraction of sp³-hybridized carbons (Fsp3) is 0.348. The van der Waals surface area contributed by atoms with Crippen LogP contribution in [0, 0.1) is 16.0 Å². The molecule has 2 aromatic carbocycles. The van der Waals surface area contributed by atoms with E-state index in [-0.39, 0.29) is 11.6 Å². The van der Waals surface area contributed by atoms with Gasteiger partial charge in [-0.1, -0.05) is 43.8 Å². The fourth-order valence-electron chi connectivity index (χ4n) is 3.05. The first-order chi connectivity index (χ1) is 15.5. The van der Waals surface area contributed by atoms with E-state index in [1.54, 1.807) is 23.9 Å². The van der Waals surface area contributed by atoms with Crippen LogP contribution in [-0.2, 0) is 4.79 Å². The predicted octanol–water partition coefficient (Wildman–Crippen LogP) is 4.88. The molecular weight excluding hydrogens is 426 g/mol. The highest BCUT2D eigenvalue weighted by Gasteiger charge is 2.17. The molecule has 9 heteroatoms. The van der Waals surface area contributed by atoms with Crippen molar-refractivity contribution in [3.63, 3.8) is 0 Å². The monoisotopic (exact) mass is 453 g/mol. The summed E-state index contributed by atoms with van der Waals surface area (Å²) in [5, 5.41) is 23.4. The zero-order valence-electron chi connectivity index (χ0n) is 18.2. The molecule has 0 bridgehead atoms. The minimum absolute atomic E-state index is 0.0338. The van der Waals surface area contributed by atoms with Crippen molar-refractivity contribution in [2.24, 2.45) is 5.92 Å². The van der Waals surface area contributed by atoms with E-state index in [4.69, 9.17) is 0 Å². The molecule has 1 aromatic heterocycles. The van der Waals surface area contributed by atoms with Gasteiger partial charge in [0.25, 0.3) is 5.69 Å². The summed E-state index contributed by atoms with van der Waals surface area (Å²) in [5.41, 5.74) is 1.70. The number of aromatic nitrogens is 3. The maximum Gasteiger partial charge on any atom is 0.269 e. The van der Waals surface area contributed by atoms with E-state index in [1.165, 1.54) is 12.1 Å². The number of rotatable bonds is 11. The Bertz CT molecular complexity index is 1040. The second kappa shape index (κ2) is 11.4. The van der Waals surface area contributed by atoms with Gasteiger partial charge < -0.3 is 5.32 Å². The largest absolute Gasteiger partial charge is 0.356 e. The van der Waals surface area contributed by atoms with Crippen molar-refractivity contribution < 1.29 is 9.72 Å². The van der Waals surface area contributed by atoms with Gasteiger partial charge in [-0.25, -0.2) is 0 Å². The molecule has 0 saturated carbocycles. The molecule has 1 N–H and O–H groups in total. The number of para-hydroxylation sites is 1. The number of nitro groups is 1. The molecule has 0 saturated heterocycles. The lowest BCUT2D eigenvalue weighted by Crippen LogP contribution is -2.26. The molecule has 0 aliphatic rings. The number of non-ortho nitro benzene ring substituents is 1. The number of unbranched alkanes of at least 4 members (excludes halogenated alkanes) is 1. The van der Waals surface area contributed by atoms with Gasteiger partial charge in [0.05, 0.1) is 4.92 Å². The van der Waals surface area contributed by atoms with Crippen LogP contribution in [-0.4, -0.2) is 37.9 Å². The van der Waals surface area contributed by atoms with E-state index in [0.717, 1.165) is 35.0 Å². The maximum atomic E-state index is 11.9. The molecule has 0 radical (unpaired) electrons. The van der Waals surface area contributed by atoms with E-state index in [9.17, 15) is 14.9 Å². The number of hydrogen-bond acceptors (Lipinski definition) is 6. The Balaban J connectivity index is 1.69. The summed E-state index contributed by atoms with van der Waals surface area (Å²) >= 11 is 1.58. The molecule has 3 rings (SSSR count). The molecule has 0 fully saturated rings. The number of benzene rings is 2. The summed E-state index contributed by atoms with van der Waals surface area (Å²) in [4.78, 5) is 22.4. The van der Waals surface area contributed by atoms with Crippen molar-refractivity contribution in [3.05, 3.63) is 64.7 Å². The van der Waals surface area contributed by atoms with E-state index in [2.05, 4.69) is 29.4 Å². The van der Waals surface area contributed by atoms with Gasteiger partial charge in [-0.2, -0.15) is 0 Å². The SMILES string of the molecule is CC(C)CNC(=O)CCCCSc1nnc(-c2ccc([N+](=O)[O-])cc2)n1-c1ccccc1. The Morgan fingerprint density at radius 1 is 1.09 bits per heavy atom. The smallest absolute Gasteiger partial charge is 0.269 e. The van der Waals surface area contributed by atoms with E-state index < -0.39 is 4.92 Å². The third-order valence-electron chi connectivity index (χ3n) is 4.72. The zero-order valence-corrected chi connectivity index (χ0v) is 19.0. The topological polar surface area (TPSA) is 103 Å². The standard InChI is InChI=1S/C23H27N5O3S/c1-17(2)16-24-21(29)10-6-7-15-32-23-26-25-22(27(23)19-8-4-3-5-9-19)18-11-13-20(14-12-18)28(30)31/h3-5,8-9,11-14,17H,6-7,10,15-16H2,1-2H3,(H,24,29). The van der Waals surface area contributed by atoms with Crippen LogP contribution in [0.25, 0.3) is 17.1 Å². The molecule has 0 unspecified atom stereocenters. The lowest BCUT2D eigenvalue weighted by Gasteiger charge is -2.10. The fourth-order valence-corrected chi connectivity index (χ4v) is 4.00. The van der Waals surface area contributed by atoms with Crippen LogP contribution in [0.3, 0.4) is 0 Å². The maximum absolute atomic E-state index is 11.9. The number of hydrogen-bond donors (Lipinski definition) is 1. The summed E-state index contributed by atoms with van der Waals surface area (Å²) in [5.74, 6) is 1.98. The quantitative estimate of drug-likeness (QED) is 0.192. The predicted molar refractivity (Wildman–Crippen MR) is 126 cm³/mol. The van der Waals surface area contributed by atoms with E-state index in [1.807, 2.05) is 34.9 Å². The number of nitro benzene ring substituents is 1. The number of carbonyl (C=O) groups excluding carboxylic acids is 1. The number of carbonyl (C=O) groups is 1. The molecule has 0 aliphatic carbocycles. The van der Waals surface area contributed by atoms with Crippen LogP contribution in [0.15, 0.2) is 59.8 Å². The Morgan fingerprint density at radius 3 is 2.47 bits per heavy atom. The van der Waals surface area contributed by atoms with Crippen molar-refractivity contribution >= 4 is 23.4 Å². The average molecular weight is 454 g/mol. The molecule has 8 nitrogen and oxygen atoms in total. The van der Waals surface area contributed by atoms with Gasteiger partial charge in [-0.05, 0) is 43.0 Å². The second-order valence-corrected chi connectivity index (χ2v) is 8.85. The van der Waals surface area contributed by atoms with Crippen LogP contribution in [0.2, 0.25) is 0 Å². The van der Waals surface area contributed by atoms with Crippen LogP contribution in [0.5, 0.6) is 0 Å². The van der Waals surface area contributed by atoms with Crippen LogP contribution >= 0.6 is 11.8 Å². The minimum Gasteiger partial charge on any atom is -0.356 e. The van der Waals surface area contributed by atoms with Gasteiger partial charge in [-0.3, -0.25) is 19.5 Å². The zero-order chi connectivity index (χ0) is 22.9. The molecule has 32 heavy (non-hydrogen) atoms. The number of thioether (sulfide) groups is 1. The minimum atomic E-state index is -0.421. The summed E-state index contributed by atoms with van der Waals surface area (Å²) < 4.78 is 1.96. The lowest BCUT2D eigenvalue weighted by molar-refractivity contribution is -0.384. The van der Waals surface area contributed by atoms with Crippen molar-refractivity contribution in [2.75, 3.05) is 12.3 Å². The Morgan fingerprint density at radius 2 is 1.81 bits per heavy atom. The van der Waals surface area contributed by atoms with E-state index in [0.29, 0.717) is 24.7 Å². The van der Waals surface area contributed by atoms with Crippen molar-refractivity contribution in [1.29, 1.82) is 0 Å². The Kier molecular flexibility index (Phi) is 8.38. The van der Waals surface area contributed by atoms with Gasteiger partial charge in [0, 0.05) is 42.1 Å². The number of amides is 1. The third-order valence-corrected chi connectivity index (χ3v) is 5.74. The Hall–Kier alpha value is -3.20. The first-order valence-corrected chi connectivity index (χ1v) is 11.6. The van der Waals surface area contributed by atoms with Gasteiger partial charge in [0.2, 0.25) is 5.91 Å². The highest BCUT2D eigenvalue weighted by molar-refractivity contribution is 7.99. The first-order valence-electron chi connectivity index (χ1n) is 10.6. The Labute approximate surface area is 191 Å². The first kappa shape index (κ1) is 23.5. The highest BCUT2D eigenvalue weighted by Crippen LogP contribution is 2.29. The molecule has 1 heterocycles. The number of nitrogens with zero attached hydrogens (tertiary/aromatic N) is 4. The average Bonchev–Trinajstić information content (AvgIpc) is 3.22. The van der Waals surface area contributed by atoms with Gasteiger partial charge in [-0.15, -0.1) is 10.2 Å².